The van der Waals surface area contributed by atoms with E-state index in [-0.39, 0.29) is 11.9 Å². The van der Waals surface area contributed by atoms with E-state index >= 15 is 0 Å². The molecular weight excluding hydrogens is 384 g/mol. The van der Waals surface area contributed by atoms with Crippen molar-refractivity contribution in [1.29, 1.82) is 0 Å². The van der Waals surface area contributed by atoms with E-state index in [0.717, 1.165) is 54.3 Å². The number of ether oxygens (including phenoxy) is 1. The lowest BCUT2D eigenvalue weighted by Crippen LogP contribution is -2.15. The number of nitrogens with zero attached hydrogens (tertiary/aromatic N) is 1. The standard InChI is InChI=1S/C23H24N2O3S/c1-3-28-23(27)20-17-7-5-4-6-8-19(17)29-22(20)25-21(26)16-12-11-15-10-9-14(2)24-18(15)13-16/h9-13H,3-8H2,1-2H3,(H,25,26). The summed E-state index contributed by atoms with van der Waals surface area (Å²) in [6.45, 7) is 4.04. The van der Waals surface area contributed by atoms with E-state index in [1.165, 1.54) is 16.2 Å². The highest BCUT2D eigenvalue weighted by Crippen LogP contribution is 2.38. The third-order valence-electron chi connectivity index (χ3n) is 5.22. The molecule has 2 heterocycles. The molecular formula is C23H24N2O3S. The van der Waals surface area contributed by atoms with E-state index in [2.05, 4.69) is 10.3 Å². The van der Waals surface area contributed by atoms with Crippen molar-refractivity contribution in [2.45, 2.75) is 46.0 Å². The Morgan fingerprint density at radius 2 is 1.93 bits per heavy atom. The lowest BCUT2D eigenvalue weighted by atomic mass is 10.1. The Kier molecular flexibility index (Phi) is 5.62. The number of nitrogens with one attached hydrogen (secondary N) is 1. The molecule has 0 aliphatic heterocycles. The van der Waals surface area contributed by atoms with Gasteiger partial charge in [-0.1, -0.05) is 18.6 Å². The molecule has 0 radical (unpaired) electrons. The van der Waals surface area contributed by atoms with Crippen LogP contribution in [0.3, 0.4) is 0 Å². The van der Waals surface area contributed by atoms with Gasteiger partial charge in [0.25, 0.3) is 5.91 Å². The van der Waals surface area contributed by atoms with Gasteiger partial charge >= 0.3 is 5.97 Å². The molecule has 6 heteroatoms. The number of rotatable bonds is 4. The van der Waals surface area contributed by atoms with Gasteiger partial charge in [0, 0.05) is 21.5 Å². The number of hydrogen-bond acceptors (Lipinski definition) is 5. The first kappa shape index (κ1) is 19.6. The van der Waals surface area contributed by atoms with Crippen LogP contribution in [-0.4, -0.2) is 23.5 Å². The van der Waals surface area contributed by atoms with E-state index < -0.39 is 0 Å². The van der Waals surface area contributed by atoms with Gasteiger partial charge in [0.15, 0.2) is 0 Å². The highest BCUT2D eigenvalue weighted by Gasteiger charge is 2.26. The largest absolute Gasteiger partial charge is 0.462 e. The van der Waals surface area contributed by atoms with E-state index in [1.54, 1.807) is 19.1 Å². The van der Waals surface area contributed by atoms with E-state index in [4.69, 9.17) is 4.74 Å². The number of thiophene rings is 1. The minimum Gasteiger partial charge on any atom is -0.462 e. The van der Waals surface area contributed by atoms with Crippen molar-refractivity contribution in [2.75, 3.05) is 11.9 Å². The predicted molar refractivity (Wildman–Crippen MR) is 116 cm³/mol. The Bertz CT molecular complexity index is 1090. The summed E-state index contributed by atoms with van der Waals surface area (Å²) in [4.78, 5) is 31.3. The number of aromatic nitrogens is 1. The van der Waals surface area contributed by atoms with Crippen molar-refractivity contribution in [1.82, 2.24) is 4.98 Å². The zero-order chi connectivity index (χ0) is 20.4. The van der Waals surface area contributed by atoms with E-state index in [0.29, 0.717) is 22.7 Å². The summed E-state index contributed by atoms with van der Waals surface area (Å²) < 4.78 is 5.30. The van der Waals surface area contributed by atoms with Gasteiger partial charge in [0.1, 0.15) is 5.00 Å². The molecule has 0 bridgehead atoms. The summed E-state index contributed by atoms with van der Waals surface area (Å²) in [6, 6.07) is 9.42. The minimum atomic E-state index is -0.349. The molecule has 1 aromatic carbocycles. The molecule has 3 aromatic rings. The second-order valence-corrected chi connectivity index (χ2v) is 8.41. The topological polar surface area (TPSA) is 68.3 Å². The van der Waals surface area contributed by atoms with Crippen LogP contribution in [0.25, 0.3) is 10.9 Å². The van der Waals surface area contributed by atoms with Gasteiger partial charge in [-0.2, -0.15) is 0 Å². The number of carbonyl (C=O) groups excluding carboxylic acids is 2. The van der Waals surface area contributed by atoms with Gasteiger partial charge in [0.2, 0.25) is 0 Å². The molecule has 29 heavy (non-hydrogen) atoms. The fourth-order valence-electron chi connectivity index (χ4n) is 3.79. The molecule has 5 nitrogen and oxygen atoms in total. The summed E-state index contributed by atoms with van der Waals surface area (Å²) >= 11 is 1.51. The lowest BCUT2D eigenvalue weighted by molar-refractivity contribution is 0.0527. The summed E-state index contributed by atoms with van der Waals surface area (Å²) in [5.41, 5.74) is 3.80. The number of pyridine rings is 1. The van der Waals surface area contributed by atoms with Crippen LogP contribution in [-0.2, 0) is 17.6 Å². The number of esters is 1. The second-order valence-electron chi connectivity index (χ2n) is 7.30. The molecule has 0 saturated heterocycles. The number of carbonyl (C=O) groups is 2. The fraction of sp³-hybridized carbons (Fsp3) is 0.348. The molecule has 0 spiro atoms. The first-order valence-electron chi connectivity index (χ1n) is 10.1. The monoisotopic (exact) mass is 408 g/mol. The van der Waals surface area contributed by atoms with Crippen molar-refractivity contribution >= 4 is 39.1 Å². The fourth-order valence-corrected chi connectivity index (χ4v) is 5.06. The third-order valence-corrected chi connectivity index (χ3v) is 6.43. The number of hydrogen-bond donors (Lipinski definition) is 1. The van der Waals surface area contributed by atoms with Gasteiger partial charge in [-0.25, -0.2) is 4.79 Å². The van der Waals surface area contributed by atoms with Crippen LogP contribution in [0.15, 0.2) is 30.3 Å². The van der Waals surface area contributed by atoms with Gasteiger partial charge in [0.05, 0.1) is 17.7 Å². The number of benzene rings is 1. The van der Waals surface area contributed by atoms with Crippen LogP contribution in [0.5, 0.6) is 0 Å². The van der Waals surface area contributed by atoms with Gasteiger partial charge in [-0.3, -0.25) is 9.78 Å². The zero-order valence-corrected chi connectivity index (χ0v) is 17.5. The molecule has 0 unspecified atom stereocenters. The van der Waals surface area contributed by atoms with Crippen LogP contribution in [0, 0.1) is 6.92 Å². The number of anilines is 1. The van der Waals surface area contributed by atoms with Crippen LogP contribution in [0.2, 0.25) is 0 Å². The zero-order valence-electron chi connectivity index (χ0n) is 16.7. The van der Waals surface area contributed by atoms with Gasteiger partial charge in [-0.05, 0) is 63.3 Å². The molecule has 4 rings (SSSR count). The number of aryl methyl sites for hydroxylation is 2. The molecule has 1 aliphatic carbocycles. The Hall–Kier alpha value is -2.73. The average Bonchev–Trinajstić information content (AvgIpc) is 2.88. The quantitative estimate of drug-likeness (QED) is 0.470. The summed E-state index contributed by atoms with van der Waals surface area (Å²) in [5.74, 6) is -0.588. The van der Waals surface area contributed by atoms with Crippen molar-refractivity contribution in [2.24, 2.45) is 0 Å². The number of fused-ring (bicyclic) bond motifs is 2. The normalized spacial score (nSPS) is 13.6. The Labute approximate surface area is 174 Å². The van der Waals surface area contributed by atoms with Gasteiger partial charge < -0.3 is 10.1 Å². The Morgan fingerprint density at radius 1 is 1.14 bits per heavy atom. The summed E-state index contributed by atoms with van der Waals surface area (Å²) in [5, 5.41) is 4.56. The molecule has 1 amide bonds. The molecule has 1 N–H and O–H groups in total. The van der Waals surface area contributed by atoms with Crippen molar-refractivity contribution in [3.05, 3.63) is 57.6 Å². The van der Waals surface area contributed by atoms with E-state index in [1.807, 2.05) is 25.1 Å². The first-order chi connectivity index (χ1) is 14.1. The SMILES string of the molecule is CCOC(=O)c1c(NC(=O)c2ccc3ccc(C)nc3c2)sc2c1CCCCC2. The van der Waals surface area contributed by atoms with Crippen LogP contribution < -0.4 is 5.32 Å². The van der Waals surface area contributed by atoms with Crippen molar-refractivity contribution in [3.63, 3.8) is 0 Å². The van der Waals surface area contributed by atoms with Crippen molar-refractivity contribution < 1.29 is 14.3 Å². The first-order valence-corrected chi connectivity index (χ1v) is 10.9. The van der Waals surface area contributed by atoms with Crippen LogP contribution in [0.4, 0.5) is 5.00 Å². The molecule has 2 aromatic heterocycles. The minimum absolute atomic E-state index is 0.239. The highest BCUT2D eigenvalue weighted by molar-refractivity contribution is 7.17. The molecule has 0 fully saturated rings. The molecule has 0 atom stereocenters. The van der Waals surface area contributed by atoms with Crippen LogP contribution in [0.1, 0.15) is 63.0 Å². The van der Waals surface area contributed by atoms with E-state index in [9.17, 15) is 9.59 Å². The average molecular weight is 409 g/mol. The smallest absolute Gasteiger partial charge is 0.341 e. The molecule has 0 saturated carbocycles. The maximum Gasteiger partial charge on any atom is 0.341 e. The lowest BCUT2D eigenvalue weighted by Gasteiger charge is -2.09. The summed E-state index contributed by atoms with van der Waals surface area (Å²) in [7, 11) is 0. The Morgan fingerprint density at radius 3 is 2.76 bits per heavy atom. The predicted octanol–water partition coefficient (Wildman–Crippen LogP) is 5.30. The third kappa shape index (κ3) is 4.03. The molecule has 1 aliphatic rings. The Balaban J connectivity index is 1.68. The van der Waals surface area contributed by atoms with Crippen LogP contribution >= 0.6 is 11.3 Å². The molecule has 150 valence electrons. The maximum absolute atomic E-state index is 13.0. The van der Waals surface area contributed by atoms with Crippen molar-refractivity contribution in [3.8, 4) is 0 Å². The second kappa shape index (κ2) is 8.33. The highest BCUT2D eigenvalue weighted by atomic mass is 32.1. The summed E-state index contributed by atoms with van der Waals surface area (Å²) in [6.07, 6.45) is 5.13. The maximum atomic E-state index is 13.0. The van der Waals surface area contributed by atoms with Gasteiger partial charge in [-0.15, -0.1) is 11.3 Å². The number of amides is 1.